The first kappa shape index (κ1) is 20.6. The molecule has 0 radical (unpaired) electrons. The monoisotopic (exact) mass is 429 g/mol. The maximum atomic E-state index is 12.7. The molecule has 1 aromatic carbocycles. The van der Waals surface area contributed by atoms with E-state index in [-0.39, 0.29) is 17.9 Å². The lowest BCUT2D eigenvalue weighted by Crippen LogP contribution is -2.42. The molecule has 0 saturated carbocycles. The van der Waals surface area contributed by atoms with Crippen LogP contribution < -0.4 is 5.32 Å². The molecule has 2 amide bonds. The second-order valence-corrected chi connectivity index (χ2v) is 7.79. The molecule has 4 rings (SSSR count). The first-order valence-corrected chi connectivity index (χ1v) is 10.3. The van der Waals surface area contributed by atoms with E-state index in [0.717, 1.165) is 13.2 Å². The van der Waals surface area contributed by atoms with Gasteiger partial charge in [-0.2, -0.15) is 0 Å². The van der Waals surface area contributed by atoms with Crippen LogP contribution in [0.4, 0.5) is 5.69 Å². The summed E-state index contributed by atoms with van der Waals surface area (Å²) in [6, 6.07) is 7.18. The quantitative estimate of drug-likeness (QED) is 0.752. The van der Waals surface area contributed by atoms with Crippen molar-refractivity contribution in [2.24, 2.45) is 0 Å². The van der Waals surface area contributed by atoms with E-state index in [9.17, 15) is 9.59 Å². The molecule has 0 bridgehead atoms. The van der Waals surface area contributed by atoms with Gasteiger partial charge in [0.15, 0.2) is 0 Å². The Hall–Kier alpha value is -2.68. The van der Waals surface area contributed by atoms with Gasteiger partial charge in [0.05, 0.1) is 42.7 Å². The van der Waals surface area contributed by atoms with Crippen molar-refractivity contribution in [1.82, 2.24) is 19.4 Å². The second kappa shape index (κ2) is 8.99. The molecule has 2 aromatic rings. The molecule has 2 aliphatic rings. The number of nitrogens with one attached hydrogen (secondary N) is 1. The maximum Gasteiger partial charge on any atom is 0.273 e. The number of amides is 2. The van der Waals surface area contributed by atoms with Crippen molar-refractivity contribution in [3.63, 3.8) is 0 Å². The minimum Gasteiger partial charge on any atom is -0.378 e. The van der Waals surface area contributed by atoms with E-state index in [4.69, 9.17) is 16.3 Å². The van der Waals surface area contributed by atoms with Crippen LogP contribution in [0, 0.1) is 0 Å². The highest BCUT2D eigenvalue weighted by Crippen LogP contribution is 2.22. The molecule has 0 spiro atoms. The smallest absolute Gasteiger partial charge is 0.273 e. The summed E-state index contributed by atoms with van der Waals surface area (Å²) in [4.78, 5) is 33.6. The zero-order valence-electron chi connectivity index (χ0n) is 16.8. The third-order valence-corrected chi connectivity index (χ3v) is 5.76. The molecule has 1 saturated heterocycles. The Morgan fingerprint density at radius 3 is 2.90 bits per heavy atom. The molecule has 1 N–H and O–H groups in total. The van der Waals surface area contributed by atoms with E-state index in [1.54, 1.807) is 35.4 Å². The van der Waals surface area contributed by atoms with Crippen LogP contribution in [-0.2, 0) is 22.6 Å². The average molecular weight is 430 g/mol. The fourth-order valence-electron chi connectivity index (χ4n) is 3.59. The Kier molecular flexibility index (Phi) is 6.17. The lowest BCUT2D eigenvalue weighted by Gasteiger charge is -2.30. The normalized spacial score (nSPS) is 19.7. The summed E-state index contributed by atoms with van der Waals surface area (Å²) in [6.07, 6.45) is 5.05. The van der Waals surface area contributed by atoms with Gasteiger partial charge in [0.25, 0.3) is 5.91 Å². The predicted octanol–water partition coefficient (Wildman–Crippen LogP) is 2.02. The lowest BCUT2D eigenvalue weighted by atomic mass is 10.2. The minimum absolute atomic E-state index is 0.0645. The number of ether oxygens (including phenoxy) is 1. The van der Waals surface area contributed by atoms with Crippen molar-refractivity contribution in [2.75, 3.05) is 38.7 Å². The Labute approximate surface area is 180 Å². The maximum absolute atomic E-state index is 12.7. The Morgan fingerprint density at radius 1 is 1.27 bits per heavy atom. The standard InChI is InChI=1S/C21H24ClN5O3/c1-25-10-11-30-14-15(25)6-7-20(28)26-8-9-27-18(12-23-19(27)13-26)21(29)24-17-5-3-2-4-16(17)22/h2-7,12,15H,8-11,13-14H2,1H3,(H,24,29)/b7-6+. The molecular formula is C21H24ClN5O3. The van der Waals surface area contributed by atoms with Crippen molar-refractivity contribution in [3.8, 4) is 0 Å². The van der Waals surface area contributed by atoms with Crippen LogP contribution in [0.15, 0.2) is 42.6 Å². The number of rotatable bonds is 4. The summed E-state index contributed by atoms with van der Waals surface area (Å²) >= 11 is 6.12. The lowest BCUT2D eigenvalue weighted by molar-refractivity contribution is -0.127. The van der Waals surface area contributed by atoms with E-state index < -0.39 is 0 Å². The number of aromatic nitrogens is 2. The van der Waals surface area contributed by atoms with Crippen LogP contribution in [0.5, 0.6) is 0 Å². The largest absolute Gasteiger partial charge is 0.378 e. The van der Waals surface area contributed by atoms with Crippen molar-refractivity contribution >= 4 is 29.1 Å². The Morgan fingerprint density at radius 2 is 2.10 bits per heavy atom. The van der Waals surface area contributed by atoms with Crippen LogP contribution in [0.3, 0.4) is 0 Å². The molecule has 1 unspecified atom stereocenters. The number of para-hydroxylation sites is 1. The van der Waals surface area contributed by atoms with Crippen molar-refractivity contribution in [2.45, 2.75) is 19.1 Å². The zero-order valence-corrected chi connectivity index (χ0v) is 17.5. The summed E-state index contributed by atoms with van der Waals surface area (Å²) in [7, 11) is 2.02. The predicted molar refractivity (Wildman–Crippen MR) is 113 cm³/mol. The Balaban J connectivity index is 1.40. The van der Waals surface area contributed by atoms with Crippen molar-refractivity contribution in [3.05, 3.63) is 59.2 Å². The van der Waals surface area contributed by atoms with Crippen molar-refractivity contribution in [1.29, 1.82) is 0 Å². The zero-order chi connectivity index (χ0) is 21.1. The molecular weight excluding hydrogens is 406 g/mol. The number of likely N-dealkylation sites (N-methyl/N-ethyl adjacent to an activating group) is 1. The summed E-state index contributed by atoms with van der Waals surface area (Å²) in [5.74, 6) is 0.345. The molecule has 0 aliphatic carbocycles. The first-order valence-electron chi connectivity index (χ1n) is 9.88. The molecule has 1 aromatic heterocycles. The molecule has 1 atom stereocenters. The van der Waals surface area contributed by atoms with Gasteiger partial charge in [0, 0.05) is 25.7 Å². The number of nitrogens with zero attached hydrogens (tertiary/aromatic N) is 4. The molecule has 1 fully saturated rings. The number of imidazole rings is 1. The van der Waals surface area contributed by atoms with Gasteiger partial charge < -0.3 is 19.5 Å². The highest BCUT2D eigenvalue weighted by molar-refractivity contribution is 6.33. The van der Waals surface area contributed by atoms with Crippen LogP contribution in [0.2, 0.25) is 5.02 Å². The fourth-order valence-corrected chi connectivity index (χ4v) is 3.77. The molecule has 158 valence electrons. The number of hydrogen-bond acceptors (Lipinski definition) is 5. The van der Waals surface area contributed by atoms with Gasteiger partial charge >= 0.3 is 0 Å². The number of halogens is 1. The number of fused-ring (bicyclic) bond motifs is 1. The van der Waals surface area contributed by atoms with Gasteiger partial charge in [0.1, 0.15) is 11.5 Å². The number of carbonyl (C=O) groups excluding carboxylic acids is 2. The third kappa shape index (κ3) is 4.40. The highest BCUT2D eigenvalue weighted by atomic mass is 35.5. The number of hydrogen-bond donors (Lipinski definition) is 1. The van der Waals surface area contributed by atoms with Gasteiger partial charge in [-0.3, -0.25) is 14.5 Å². The van der Waals surface area contributed by atoms with E-state index in [2.05, 4.69) is 15.2 Å². The summed E-state index contributed by atoms with van der Waals surface area (Å²) < 4.78 is 7.32. The van der Waals surface area contributed by atoms with Crippen LogP contribution in [-0.4, -0.2) is 70.6 Å². The van der Waals surface area contributed by atoms with Crippen LogP contribution >= 0.6 is 11.6 Å². The first-order chi connectivity index (χ1) is 14.5. The summed E-state index contributed by atoms with van der Waals surface area (Å²) in [5.41, 5.74) is 1.00. The van der Waals surface area contributed by atoms with Gasteiger partial charge in [-0.1, -0.05) is 29.8 Å². The van der Waals surface area contributed by atoms with Gasteiger partial charge in [-0.15, -0.1) is 0 Å². The van der Waals surface area contributed by atoms with Gasteiger partial charge in [0.2, 0.25) is 5.91 Å². The van der Waals surface area contributed by atoms with Crippen LogP contribution in [0.1, 0.15) is 16.3 Å². The number of carbonyl (C=O) groups is 2. The molecule has 30 heavy (non-hydrogen) atoms. The Bertz CT molecular complexity index is 973. The second-order valence-electron chi connectivity index (χ2n) is 7.39. The average Bonchev–Trinajstić information content (AvgIpc) is 3.18. The highest BCUT2D eigenvalue weighted by Gasteiger charge is 2.25. The van der Waals surface area contributed by atoms with E-state index >= 15 is 0 Å². The summed E-state index contributed by atoms with van der Waals surface area (Å²) in [6.45, 7) is 3.54. The molecule has 3 heterocycles. The van der Waals surface area contributed by atoms with E-state index in [1.165, 1.54) is 0 Å². The van der Waals surface area contributed by atoms with E-state index in [0.29, 0.717) is 48.5 Å². The van der Waals surface area contributed by atoms with E-state index in [1.807, 2.05) is 23.8 Å². The number of benzene rings is 1. The van der Waals surface area contributed by atoms with Crippen molar-refractivity contribution < 1.29 is 14.3 Å². The molecule has 2 aliphatic heterocycles. The number of anilines is 1. The fraction of sp³-hybridized carbons (Fsp3) is 0.381. The van der Waals surface area contributed by atoms with Gasteiger partial charge in [-0.05, 0) is 19.2 Å². The SMILES string of the molecule is CN1CCOCC1/C=C/C(=O)N1CCn2c(C(=O)Nc3ccccc3Cl)cnc2C1. The number of morpholine rings is 1. The molecule has 9 heteroatoms. The van der Waals surface area contributed by atoms with Gasteiger partial charge in [-0.25, -0.2) is 4.98 Å². The topological polar surface area (TPSA) is 79.7 Å². The van der Waals surface area contributed by atoms with Crippen LogP contribution in [0.25, 0.3) is 0 Å². The third-order valence-electron chi connectivity index (χ3n) is 5.43. The summed E-state index contributed by atoms with van der Waals surface area (Å²) in [5, 5.41) is 3.29. The molecule has 8 nitrogen and oxygen atoms in total. The minimum atomic E-state index is -0.276.